The molecule has 4 rings (SSSR count). The third kappa shape index (κ3) is 5.99. The first kappa shape index (κ1) is 25.1. The zero-order valence-corrected chi connectivity index (χ0v) is 20.0. The molecule has 0 bridgehead atoms. The van der Waals surface area contributed by atoms with Gasteiger partial charge in [0.2, 0.25) is 0 Å². The van der Waals surface area contributed by atoms with Crippen molar-refractivity contribution < 1.29 is 28.3 Å². The van der Waals surface area contributed by atoms with Crippen LogP contribution in [-0.2, 0) is 16.1 Å². The van der Waals surface area contributed by atoms with Gasteiger partial charge in [-0.2, -0.15) is 0 Å². The van der Waals surface area contributed by atoms with Crippen LogP contribution < -0.4 is 10.2 Å². The van der Waals surface area contributed by atoms with E-state index in [9.17, 15) is 19.2 Å². The van der Waals surface area contributed by atoms with E-state index in [-0.39, 0.29) is 29.0 Å². The molecule has 3 aromatic carbocycles. The number of nitrogens with zero attached hydrogens (tertiary/aromatic N) is 1. The summed E-state index contributed by atoms with van der Waals surface area (Å²) in [4.78, 5) is 52.6. The first-order chi connectivity index (χ1) is 18.0. The van der Waals surface area contributed by atoms with Crippen LogP contribution in [0, 0.1) is 0 Å². The fourth-order valence-electron chi connectivity index (χ4n) is 3.67. The Morgan fingerprint density at radius 3 is 2.14 bits per heavy atom. The number of likely N-dealkylation sites (N-methyl/N-ethyl adjacent to an activating group) is 1. The number of ether oxygens (including phenoxy) is 1. The topological polar surface area (TPSA) is 106 Å². The van der Waals surface area contributed by atoms with Gasteiger partial charge < -0.3 is 19.4 Å². The molecule has 8 heteroatoms. The number of carbonyl (C=O) groups excluding carboxylic acids is 4. The molecule has 0 aliphatic heterocycles. The Morgan fingerprint density at radius 2 is 1.43 bits per heavy atom. The molecule has 1 aromatic heterocycles. The Hall–Kier alpha value is -4.98. The SMILES string of the molecule is CN(C(=O)COC(=O)c1ccccc1C(=O)c1ccccc1)c1ccccc1C(=O)NCc1ccco1. The molecule has 4 aromatic rings. The number of hydrogen-bond acceptors (Lipinski definition) is 6. The summed E-state index contributed by atoms with van der Waals surface area (Å²) in [6.07, 6.45) is 1.51. The van der Waals surface area contributed by atoms with Gasteiger partial charge >= 0.3 is 5.97 Å². The van der Waals surface area contributed by atoms with Gasteiger partial charge in [0.05, 0.1) is 29.6 Å². The van der Waals surface area contributed by atoms with E-state index in [1.807, 2.05) is 0 Å². The molecule has 0 saturated heterocycles. The van der Waals surface area contributed by atoms with Crippen molar-refractivity contribution in [2.75, 3.05) is 18.6 Å². The van der Waals surface area contributed by atoms with Crippen molar-refractivity contribution in [2.45, 2.75) is 6.54 Å². The second kappa shape index (κ2) is 11.6. The second-order valence-corrected chi connectivity index (χ2v) is 8.05. The number of ketones is 1. The number of anilines is 1. The third-order valence-corrected chi connectivity index (χ3v) is 5.64. The number of rotatable bonds is 9. The van der Waals surface area contributed by atoms with Gasteiger partial charge in [0.15, 0.2) is 12.4 Å². The van der Waals surface area contributed by atoms with Crippen molar-refractivity contribution in [3.63, 3.8) is 0 Å². The van der Waals surface area contributed by atoms with Gasteiger partial charge in [-0.1, -0.05) is 60.7 Å². The minimum atomic E-state index is -0.800. The highest BCUT2D eigenvalue weighted by atomic mass is 16.5. The maximum absolute atomic E-state index is 12.9. The highest BCUT2D eigenvalue weighted by molar-refractivity contribution is 6.14. The van der Waals surface area contributed by atoms with Gasteiger partial charge in [-0.05, 0) is 30.3 Å². The quantitative estimate of drug-likeness (QED) is 0.274. The van der Waals surface area contributed by atoms with Gasteiger partial charge in [0, 0.05) is 18.2 Å². The Balaban J connectivity index is 1.43. The first-order valence-corrected chi connectivity index (χ1v) is 11.5. The summed E-state index contributed by atoms with van der Waals surface area (Å²) in [5.74, 6) is -1.48. The molecule has 2 amide bonds. The molecule has 186 valence electrons. The molecule has 0 saturated carbocycles. The molecular formula is C29H24N2O6. The van der Waals surface area contributed by atoms with Crippen molar-refractivity contribution in [2.24, 2.45) is 0 Å². The fourth-order valence-corrected chi connectivity index (χ4v) is 3.67. The van der Waals surface area contributed by atoms with Crippen molar-refractivity contribution >= 4 is 29.3 Å². The minimum Gasteiger partial charge on any atom is -0.467 e. The average Bonchev–Trinajstić information content (AvgIpc) is 3.48. The molecule has 0 aliphatic carbocycles. The second-order valence-electron chi connectivity index (χ2n) is 8.05. The lowest BCUT2D eigenvalue weighted by Crippen LogP contribution is -2.33. The summed E-state index contributed by atoms with van der Waals surface area (Å²) in [6.45, 7) is -0.387. The lowest BCUT2D eigenvalue weighted by atomic mass is 9.98. The molecule has 0 radical (unpaired) electrons. The maximum atomic E-state index is 12.9. The molecule has 0 unspecified atom stereocenters. The van der Waals surface area contributed by atoms with Gasteiger partial charge in [0.25, 0.3) is 11.8 Å². The minimum absolute atomic E-state index is 0.0597. The van der Waals surface area contributed by atoms with Crippen LogP contribution in [0.25, 0.3) is 0 Å². The van der Waals surface area contributed by atoms with E-state index in [4.69, 9.17) is 9.15 Å². The van der Waals surface area contributed by atoms with Crippen LogP contribution in [-0.4, -0.2) is 37.2 Å². The van der Waals surface area contributed by atoms with E-state index in [0.29, 0.717) is 17.0 Å². The number of nitrogens with one attached hydrogen (secondary N) is 1. The fraction of sp³-hybridized carbons (Fsp3) is 0.103. The number of para-hydroxylation sites is 1. The van der Waals surface area contributed by atoms with Gasteiger partial charge in [-0.15, -0.1) is 0 Å². The Labute approximate surface area is 213 Å². The monoisotopic (exact) mass is 496 g/mol. The van der Waals surface area contributed by atoms with Crippen molar-refractivity contribution in [1.82, 2.24) is 5.32 Å². The zero-order valence-electron chi connectivity index (χ0n) is 20.0. The van der Waals surface area contributed by atoms with Crippen LogP contribution in [0.1, 0.15) is 42.4 Å². The van der Waals surface area contributed by atoms with Crippen molar-refractivity contribution in [3.8, 4) is 0 Å². The molecule has 0 spiro atoms. The van der Waals surface area contributed by atoms with E-state index in [0.717, 1.165) is 0 Å². The lowest BCUT2D eigenvalue weighted by molar-refractivity contribution is -0.121. The van der Waals surface area contributed by atoms with Crippen LogP contribution in [0.4, 0.5) is 5.69 Å². The molecule has 8 nitrogen and oxygen atoms in total. The van der Waals surface area contributed by atoms with Gasteiger partial charge in [-0.25, -0.2) is 4.79 Å². The van der Waals surface area contributed by atoms with Crippen LogP contribution in [0.5, 0.6) is 0 Å². The highest BCUT2D eigenvalue weighted by Crippen LogP contribution is 2.20. The summed E-state index contributed by atoms with van der Waals surface area (Å²) in [5.41, 5.74) is 1.29. The Kier molecular flexibility index (Phi) is 7.90. The standard InChI is InChI=1S/C29H24N2O6/c1-31(25-16-8-7-15-24(25)28(34)30-18-21-12-9-17-36-21)26(32)19-37-29(35)23-14-6-5-13-22(23)27(33)20-10-3-2-4-11-20/h2-17H,18-19H2,1H3,(H,30,34). The molecule has 1 heterocycles. The largest absolute Gasteiger partial charge is 0.467 e. The molecule has 0 atom stereocenters. The summed E-state index contributed by atoms with van der Waals surface area (Å²) in [5, 5.41) is 2.75. The van der Waals surface area contributed by atoms with E-state index in [1.54, 1.807) is 78.9 Å². The van der Waals surface area contributed by atoms with E-state index in [1.165, 1.54) is 30.3 Å². The average molecular weight is 497 g/mol. The maximum Gasteiger partial charge on any atom is 0.339 e. The van der Waals surface area contributed by atoms with Crippen LogP contribution in [0.15, 0.2) is 102 Å². The number of amides is 2. The van der Waals surface area contributed by atoms with Crippen LogP contribution in [0.3, 0.4) is 0 Å². The van der Waals surface area contributed by atoms with Crippen molar-refractivity contribution in [1.29, 1.82) is 0 Å². The molecule has 37 heavy (non-hydrogen) atoms. The summed E-state index contributed by atoms with van der Waals surface area (Å²) in [6, 6.07) is 24.9. The van der Waals surface area contributed by atoms with E-state index < -0.39 is 24.4 Å². The smallest absolute Gasteiger partial charge is 0.339 e. The summed E-state index contributed by atoms with van der Waals surface area (Å²) < 4.78 is 10.5. The third-order valence-electron chi connectivity index (χ3n) is 5.64. The predicted molar refractivity (Wildman–Crippen MR) is 136 cm³/mol. The van der Waals surface area contributed by atoms with E-state index in [2.05, 4.69) is 5.32 Å². The van der Waals surface area contributed by atoms with Crippen molar-refractivity contribution in [3.05, 3.63) is 125 Å². The Bertz CT molecular complexity index is 1410. The van der Waals surface area contributed by atoms with Gasteiger partial charge in [-0.3, -0.25) is 14.4 Å². The number of benzene rings is 3. The number of furan rings is 1. The molecule has 0 aliphatic rings. The summed E-state index contributed by atoms with van der Waals surface area (Å²) in [7, 11) is 1.49. The highest BCUT2D eigenvalue weighted by Gasteiger charge is 2.22. The number of esters is 1. The van der Waals surface area contributed by atoms with Gasteiger partial charge in [0.1, 0.15) is 5.76 Å². The normalized spacial score (nSPS) is 10.4. The summed E-state index contributed by atoms with van der Waals surface area (Å²) >= 11 is 0. The molecular weight excluding hydrogens is 472 g/mol. The van der Waals surface area contributed by atoms with Crippen LogP contribution in [0.2, 0.25) is 0 Å². The zero-order chi connectivity index (χ0) is 26.2. The number of hydrogen-bond donors (Lipinski definition) is 1. The first-order valence-electron chi connectivity index (χ1n) is 11.5. The molecule has 0 fully saturated rings. The van der Waals surface area contributed by atoms with E-state index >= 15 is 0 Å². The molecule has 1 N–H and O–H groups in total. The Morgan fingerprint density at radius 1 is 0.784 bits per heavy atom. The van der Waals surface area contributed by atoms with Crippen LogP contribution >= 0.6 is 0 Å². The predicted octanol–water partition coefficient (Wildman–Crippen LogP) is 4.26. The number of carbonyl (C=O) groups is 4. The lowest BCUT2D eigenvalue weighted by Gasteiger charge is -2.20.